The largest absolute Gasteiger partial charge is 0.374 e. The first-order valence-corrected chi connectivity index (χ1v) is 6.34. The van der Waals surface area contributed by atoms with Crippen LogP contribution in [0.5, 0.6) is 0 Å². The standard InChI is InChI=1S/C13H18ClNO/c1-10-3-2-4-12(7-10)16-9-11-5-6-15-13(14)8-11/h5-6,8,10,12H,2-4,7,9H2,1H3. The molecule has 2 unspecified atom stereocenters. The van der Waals surface area contributed by atoms with Gasteiger partial charge in [0.05, 0.1) is 12.7 Å². The summed E-state index contributed by atoms with van der Waals surface area (Å²) < 4.78 is 5.91. The van der Waals surface area contributed by atoms with Crippen molar-refractivity contribution in [1.29, 1.82) is 0 Å². The average molecular weight is 240 g/mol. The summed E-state index contributed by atoms with van der Waals surface area (Å²) in [5.74, 6) is 0.805. The fraction of sp³-hybridized carbons (Fsp3) is 0.615. The van der Waals surface area contributed by atoms with Gasteiger partial charge in [0.2, 0.25) is 0 Å². The fourth-order valence-corrected chi connectivity index (χ4v) is 2.47. The Labute approximate surface area is 102 Å². The van der Waals surface area contributed by atoms with Gasteiger partial charge in [-0.25, -0.2) is 4.98 Å². The Kier molecular flexibility index (Phi) is 4.19. The lowest BCUT2D eigenvalue weighted by Crippen LogP contribution is -2.21. The van der Waals surface area contributed by atoms with Crippen LogP contribution in [-0.2, 0) is 11.3 Å². The number of hydrogen-bond acceptors (Lipinski definition) is 2. The second-order valence-corrected chi connectivity index (χ2v) is 5.08. The molecule has 0 bridgehead atoms. The lowest BCUT2D eigenvalue weighted by Gasteiger charge is -2.26. The van der Waals surface area contributed by atoms with Crippen molar-refractivity contribution in [2.45, 2.75) is 45.3 Å². The summed E-state index contributed by atoms with van der Waals surface area (Å²) in [7, 11) is 0. The van der Waals surface area contributed by atoms with E-state index in [1.807, 2.05) is 12.1 Å². The molecule has 1 aliphatic carbocycles. The Balaban J connectivity index is 1.82. The van der Waals surface area contributed by atoms with Crippen LogP contribution in [0.4, 0.5) is 0 Å². The highest BCUT2D eigenvalue weighted by atomic mass is 35.5. The maximum absolute atomic E-state index is 5.91. The van der Waals surface area contributed by atoms with Crippen molar-refractivity contribution in [1.82, 2.24) is 4.98 Å². The number of aromatic nitrogens is 1. The Morgan fingerprint density at radius 2 is 2.38 bits per heavy atom. The zero-order valence-electron chi connectivity index (χ0n) is 9.66. The third kappa shape index (κ3) is 3.46. The number of rotatable bonds is 3. The van der Waals surface area contributed by atoms with Crippen LogP contribution in [0.2, 0.25) is 5.15 Å². The summed E-state index contributed by atoms with van der Waals surface area (Å²) in [4.78, 5) is 3.96. The van der Waals surface area contributed by atoms with E-state index in [4.69, 9.17) is 16.3 Å². The van der Waals surface area contributed by atoms with Gasteiger partial charge in [-0.05, 0) is 36.5 Å². The molecule has 16 heavy (non-hydrogen) atoms. The van der Waals surface area contributed by atoms with Gasteiger partial charge in [-0.1, -0.05) is 31.4 Å². The molecule has 1 heterocycles. The van der Waals surface area contributed by atoms with Gasteiger partial charge in [0, 0.05) is 6.20 Å². The van der Waals surface area contributed by atoms with Crippen molar-refractivity contribution in [3.63, 3.8) is 0 Å². The van der Waals surface area contributed by atoms with Gasteiger partial charge in [-0.3, -0.25) is 0 Å². The van der Waals surface area contributed by atoms with E-state index in [0.717, 1.165) is 11.5 Å². The molecule has 1 fully saturated rings. The van der Waals surface area contributed by atoms with Crippen LogP contribution in [-0.4, -0.2) is 11.1 Å². The average Bonchev–Trinajstić information content (AvgIpc) is 2.27. The highest BCUT2D eigenvalue weighted by Gasteiger charge is 2.19. The first kappa shape index (κ1) is 11.9. The molecule has 88 valence electrons. The zero-order valence-corrected chi connectivity index (χ0v) is 10.4. The van der Waals surface area contributed by atoms with Crippen LogP contribution in [0.3, 0.4) is 0 Å². The van der Waals surface area contributed by atoms with Crippen LogP contribution in [0, 0.1) is 5.92 Å². The van der Waals surface area contributed by atoms with Crippen molar-refractivity contribution >= 4 is 11.6 Å². The lowest BCUT2D eigenvalue weighted by molar-refractivity contribution is 0.00464. The zero-order chi connectivity index (χ0) is 11.4. The smallest absolute Gasteiger partial charge is 0.129 e. The Morgan fingerprint density at radius 3 is 3.12 bits per heavy atom. The van der Waals surface area contributed by atoms with Crippen molar-refractivity contribution in [2.24, 2.45) is 5.92 Å². The Morgan fingerprint density at radius 1 is 1.50 bits per heavy atom. The molecule has 3 heteroatoms. The maximum Gasteiger partial charge on any atom is 0.129 e. The molecule has 0 aromatic carbocycles. The predicted molar refractivity (Wildman–Crippen MR) is 65.5 cm³/mol. The van der Waals surface area contributed by atoms with E-state index in [9.17, 15) is 0 Å². The minimum Gasteiger partial charge on any atom is -0.374 e. The third-order valence-corrected chi connectivity index (χ3v) is 3.37. The molecule has 1 aromatic heterocycles. The second kappa shape index (κ2) is 5.65. The molecule has 0 radical (unpaired) electrons. The molecule has 2 rings (SSSR count). The molecule has 0 amide bonds. The number of ether oxygens (including phenoxy) is 1. The van der Waals surface area contributed by atoms with Gasteiger partial charge in [-0.2, -0.15) is 0 Å². The van der Waals surface area contributed by atoms with Gasteiger partial charge >= 0.3 is 0 Å². The first-order valence-electron chi connectivity index (χ1n) is 5.96. The van der Waals surface area contributed by atoms with Crippen LogP contribution < -0.4 is 0 Å². The second-order valence-electron chi connectivity index (χ2n) is 4.69. The van der Waals surface area contributed by atoms with Crippen molar-refractivity contribution in [3.8, 4) is 0 Å². The summed E-state index contributed by atoms with van der Waals surface area (Å²) in [6.45, 7) is 2.96. The summed E-state index contributed by atoms with van der Waals surface area (Å²) in [6.07, 6.45) is 7.19. The van der Waals surface area contributed by atoms with E-state index in [2.05, 4.69) is 11.9 Å². The van der Waals surface area contributed by atoms with Gasteiger partial charge in [-0.15, -0.1) is 0 Å². The molecule has 2 atom stereocenters. The van der Waals surface area contributed by atoms with E-state index in [1.165, 1.54) is 25.7 Å². The van der Waals surface area contributed by atoms with Crippen LogP contribution in [0.15, 0.2) is 18.3 Å². The van der Waals surface area contributed by atoms with Crippen molar-refractivity contribution in [2.75, 3.05) is 0 Å². The number of halogens is 1. The molecule has 0 aliphatic heterocycles. The number of pyridine rings is 1. The predicted octanol–water partition coefficient (Wildman–Crippen LogP) is 3.83. The van der Waals surface area contributed by atoms with E-state index < -0.39 is 0 Å². The summed E-state index contributed by atoms with van der Waals surface area (Å²) in [5.41, 5.74) is 1.11. The molecular formula is C13H18ClNO. The van der Waals surface area contributed by atoms with Gasteiger partial charge < -0.3 is 4.74 Å². The van der Waals surface area contributed by atoms with Crippen LogP contribution >= 0.6 is 11.6 Å². The normalized spacial score (nSPS) is 25.6. The molecule has 1 saturated carbocycles. The van der Waals surface area contributed by atoms with E-state index in [0.29, 0.717) is 17.9 Å². The maximum atomic E-state index is 5.91. The van der Waals surface area contributed by atoms with Crippen LogP contribution in [0.25, 0.3) is 0 Å². The molecule has 0 saturated heterocycles. The molecule has 0 N–H and O–H groups in total. The summed E-state index contributed by atoms with van der Waals surface area (Å²) in [6, 6.07) is 3.83. The van der Waals surface area contributed by atoms with Crippen molar-refractivity contribution < 1.29 is 4.74 Å². The van der Waals surface area contributed by atoms with Gasteiger partial charge in [0.1, 0.15) is 5.15 Å². The molecule has 2 nitrogen and oxygen atoms in total. The van der Waals surface area contributed by atoms with E-state index >= 15 is 0 Å². The highest BCUT2D eigenvalue weighted by molar-refractivity contribution is 6.29. The quantitative estimate of drug-likeness (QED) is 0.748. The minimum absolute atomic E-state index is 0.427. The SMILES string of the molecule is CC1CCCC(OCc2ccnc(Cl)c2)C1. The first-order chi connectivity index (χ1) is 7.74. The minimum atomic E-state index is 0.427. The number of hydrogen-bond donors (Lipinski definition) is 0. The van der Waals surface area contributed by atoms with Gasteiger partial charge in [0.15, 0.2) is 0 Å². The van der Waals surface area contributed by atoms with E-state index in [1.54, 1.807) is 6.20 Å². The van der Waals surface area contributed by atoms with E-state index in [-0.39, 0.29) is 0 Å². The topological polar surface area (TPSA) is 22.1 Å². The molecule has 0 spiro atoms. The highest BCUT2D eigenvalue weighted by Crippen LogP contribution is 2.26. The lowest BCUT2D eigenvalue weighted by atomic mass is 9.89. The van der Waals surface area contributed by atoms with Gasteiger partial charge in [0.25, 0.3) is 0 Å². The fourth-order valence-electron chi connectivity index (χ4n) is 2.28. The number of nitrogens with zero attached hydrogens (tertiary/aromatic N) is 1. The Hall–Kier alpha value is -0.600. The molecule has 1 aromatic rings. The molecular weight excluding hydrogens is 222 g/mol. The molecule has 1 aliphatic rings. The Bertz CT molecular complexity index is 342. The van der Waals surface area contributed by atoms with Crippen LogP contribution in [0.1, 0.15) is 38.2 Å². The van der Waals surface area contributed by atoms with Crippen molar-refractivity contribution in [3.05, 3.63) is 29.0 Å². The monoisotopic (exact) mass is 239 g/mol. The summed E-state index contributed by atoms with van der Waals surface area (Å²) >= 11 is 5.82. The summed E-state index contributed by atoms with van der Waals surface area (Å²) in [5, 5.41) is 0.540. The third-order valence-electron chi connectivity index (χ3n) is 3.16.